The molecule has 0 aliphatic heterocycles. The normalized spacial score (nSPS) is 25.2. The number of nitrogens with one attached hydrogen (secondary N) is 1. The molecule has 2 rings (SSSR count). The van der Waals surface area contributed by atoms with Gasteiger partial charge in [0.25, 0.3) is 0 Å². The summed E-state index contributed by atoms with van der Waals surface area (Å²) in [5.74, 6) is -0.139. The number of allylic oxidation sites excluding steroid dienone is 2. The number of hydrogen-bond donors (Lipinski definition) is 4. The monoisotopic (exact) mass is 415 g/mol. The van der Waals surface area contributed by atoms with Gasteiger partial charge in [0, 0.05) is 25.3 Å². The number of aliphatic hydroxyl groups is 3. The smallest absolute Gasteiger partial charge is 0.219 e. The van der Waals surface area contributed by atoms with Gasteiger partial charge < -0.3 is 20.6 Å². The predicted octanol–water partition coefficient (Wildman–Crippen LogP) is 3.15. The third-order valence-corrected chi connectivity index (χ3v) is 5.77. The maximum Gasteiger partial charge on any atom is 0.219 e. The van der Waals surface area contributed by atoms with E-state index in [0.717, 1.165) is 19.3 Å². The van der Waals surface area contributed by atoms with Crippen LogP contribution in [0.1, 0.15) is 51.0 Å². The Balaban J connectivity index is 1.78. The average molecular weight is 416 g/mol. The molecular weight excluding hydrogens is 378 g/mol. The molecule has 1 amide bonds. The molecule has 30 heavy (non-hydrogen) atoms. The highest BCUT2D eigenvalue weighted by molar-refractivity contribution is 5.75. The van der Waals surface area contributed by atoms with Crippen molar-refractivity contribution in [2.75, 3.05) is 6.54 Å². The van der Waals surface area contributed by atoms with E-state index in [9.17, 15) is 20.1 Å². The molecule has 0 spiro atoms. The van der Waals surface area contributed by atoms with Crippen LogP contribution in [0.4, 0.5) is 0 Å². The van der Waals surface area contributed by atoms with E-state index in [1.54, 1.807) is 6.08 Å². The Hall–Kier alpha value is -1.95. The van der Waals surface area contributed by atoms with Crippen molar-refractivity contribution in [2.45, 2.75) is 70.2 Å². The van der Waals surface area contributed by atoms with Gasteiger partial charge in [0.1, 0.15) is 0 Å². The highest BCUT2D eigenvalue weighted by Crippen LogP contribution is 2.36. The standard InChI is InChI=1S/C25H37NO4/c1-2-26-25(30)13-9-4-3-8-12-21-22(24(29)18-23(21)28)17-16-20(27)15-14-19-10-6-5-7-11-19/h3,5-8,10-11,16-17,20-24,27-29H,2,4,9,12-15,18H2,1H3,(H,26,30)/b8-3+,17-16-/t20-,21+,22+,23-,24+/m0/s1. The van der Waals surface area contributed by atoms with E-state index in [2.05, 4.69) is 5.32 Å². The van der Waals surface area contributed by atoms with Crippen LogP contribution in [0.15, 0.2) is 54.6 Å². The van der Waals surface area contributed by atoms with Crippen LogP contribution in [0.2, 0.25) is 0 Å². The first-order valence-electron chi connectivity index (χ1n) is 11.2. The third kappa shape index (κ3) is 8.42. The van der Waals surface area contributed by atoms with Crippen LogP contribution in [-0.4, -0.2) is 46.1 Å². The van der Waals surface area contributed by atoms with Crippen LogP contribution < -0.4 is 5.32 Å². The summed E-state index contributed by atoms with van der Waals surface area (Å²) in [4.78, 5) is 11.4. The highest BCUT2D eigenvalue weighted by Gasteiger charge is 2.39. The van der Waals surface area contributed by atoms with Gasteiger partial charge in [0.2, 0.25) is 5.91 Å². The number of carbonyl (C=O) groups excluding carboxylic acids is 1. The van der Waals surface area contributed by atoms with E-state index < -0.39 is 18.3 Å². The van der Waals surface area contributed by atoms with Crippen LogP contribution in [0.3, 0.4) is 0 Å². The van der Waals surface area contributed by atoms with Crippen molar-refractivity contribution in [3.63, 3.8) is 0 Å². The van der Waals surface area contributed by atoms with Crippen LogP contribution >= 0.6 is 0 Å². The van der Waals surface area contributed by atoms with Gasteiger partial charge in [-0.15, -0.1) is 0 Å². The topological polar surface area (TPSA) is 89.8 Å². The van der Waals surface area contributed by atoms with Crippen molar-refractivity contribution in [3.05, 3.63) is 60.2 Å². The van der Waals surface area contributed by atoms with Gasteiger partial charge in [-0.05, 0) is 50.5 Å². The van der Waals surface area contributed by atoms with E-state index >= 15 is 0 Å². The molecule has 4 N–H and O–H groups in total. The van der Waals surface area contributed by atoms with Gasteiger partial charge in [-0.3, -0.25) is 4.79 Å². The first-order chi connectivity index (χ1) is 14.5. The van der Waals surface area contributed by atoms with E-state index in [1.807, 2.05) is 55.5 Å². The summed E-state index contributed by atoms with van der Waals surface area (Å²) in [6.07, 6.45) is 10.6. The first-order valence-corrected chi connectivity index (χ1v) is 11.2. The Morgan fingerprint density at radius 2 is 1.97 bits per heavy atom. The van der Waals surface area contributed by atoms with Crippen molar-refractivity contribution in [1.82, 2.24) is 5.32 Å². The maximum atomic E-state index is 11.4. The Bertz CT molecular complexity index is 673. The lowest BCUT2D eigenvalue weighted by Gasteiger charge is -2.19. The Labute approximate surface area is 180 Å². The predicted molar refractivity (Wildman–Crippen MR) is 120 cm³/mol. The number of unbranched alkanes of at least 4 members (excludes halogenated alkanes) is 1. The molecule has 0 unspecified atom stereocenters. The van der Waals surface area contributed by atoms with Crippen LogP contribution in [0.5, 0.6) is 0 Å². The van der Waals surface area contributed by atoms with E-state index in [4.69, 9.17) is 0 Å². The minimum atomic E-state index is -0.589. The zero-order chi connectivity index (χ0) is 21.8. The molecule has 5 atom stereocenters. The molecule has 0 bridgehead atoms. The van der Waals surface area contributed by atoms with Gasteiger partial charge >= 0.3 is 0 Å². The minimum Gasteiger partial charge on any atom is -0.393 e. The van der Waals surface area contributed by atoms with Crippen LogP contribution in [0, 0.1) is 11.8 Å². The fourth-order valence-corrected chi connectivity index (χ4v) is 4.06. The SMILES string of the molecule is CCNC(=O)CCC/C=C/C[C@@H]1[C@@H](/C=C\[C@@H](O)CCc2ccccc2)[C@H](O)C[C@@H]1O. The van der Waals surface area contributed by atoms with E-state index in [0.29, 0.717) is 32.2 Å². The molecule has 5 nitrogen and oxygen atoms in total. The zero-order valence-corrected chi connectivity index (χ0v) is 18.0. The summed E-state index contributed by atoms with van der Waals surface area (Å²) in [6.45, 7) is 2.57. The summed E-state index contributed by atoms with van der Waals surface area (Å²) in [6, 6.07) is 10.1. The molecule has 0 radical (unpaired) electrons. The molecule has 1 aromatic rings. The Kier molecular flexibility index (Phi) is 10.8. The molecule has 0 saturated heterocycles. The summed E-state index contributed by atoms with van der Waals surface area (Å²) in [5, 5.41) is 33.8. The fourth-order valence-electron chi connectivity index (χ4n) is 4.06. The van der Waals surface area contributed by atoms with Crippen LogP contribution in [0.25, 0.3) is 0 Å². The average Bonchev–Trinajstić information content (AvgIpc) is 3.00. The summed E-state index contributed by atoms with van der Waals surface area (Å²) in [5.41, 5.74) is 1.19. The minimum absolute atomic E-state index is 0.0581. The number of amides is 1. The molecule has 1 aromatic carbocycles. The van der Waals surface area contributed by atoms with Gasteiger partial charge in [-0.25, -0.2) is 0 Å². The number of carbonyl (C=O) groups is 1. The third-order valence-electron chi connectivity index (χ3n) is 5.77. The van der Waals surface area contributed by atoms with E-state index in [1.165, 1.54) is 5.56 Å². The summed E-state index contributed by atoms with van der Waals surface area (Å²) in [7, 11) is 0. The largest absolute Gasteiger partial charge is 0.393 e. The fraction of sp³-hybridized carbons (Fsp3) is 0.560. The quantitative estimate of drug-likeness (QED) is 0.312. The lowest BCUT2D eigenvalue weighted by atomic mass is 9.89. The second-order valence-electron chi connectivity index (χ2n) is 8.14. The van der Waals surface area contributed by atoms with Crippen molar-refractivity contribution < 1.29 is 20.1 Å². The lowest BCUT2D eigenvalue weighted by Crippen LogP contribution is -2.21. The van der Waals surface area contributed by atoms with Crippen molar-refractivity contribution in [3.8, 4) is 0 Å². The maximum absolute atomic E-state index is 11.4. The van der Waals surface area contributed by atoms with Gasteiger partial charge in [-0.1, -0.05) is 54.6 Å². The summed E-state index contributed by atoms with van der Waals surface area (Å²) < 4.78 is 0. The Morgan fingerprint density at radius 3 is 2.70 bits per heavy atom. The first kappa shape index (κ1) is 24.3. The zero-order valence-electron chi connectivity index (χ0n) is 18.0. The van der Waals surface area contributed by atoms with Crippen molar-refractivity contribution in [2.24, 2.45) is 11.8 Å². The Morgan fingerprint density at radius 1 is 1.20 bits per heavy atom. The number of aliphatic hydroxyl groups excluding tert-OH is 3. The second kappa shape index (κ2) is 13.4. The number of benzene rings is 1. The molecule has 0 aromatic heterocycles. The van der Waals surface area contributed by atoms with Crippen molar-refractivity contribution in [1.29, 1.82) is 0 Å². The lowest BCUT2D eigenvalue weighted by molar-refractivity contribution is -0.121. The number of hydrogen-bond acceptors (Lipinski definition) is 4. The molecule has 1 aliphatic rings. The molecule has 1 fully saturated rings. The van der Waals surface area contributed by atoms with Gasteiger partial charge in [0.05, 0.1) is 18.3 Å². The van der Waals surface area contributed by atoms with Gasteiger partial charge in [-0.2, -0.15) is 0 Å². The molecular formula is C25H37NO4. The molecule has 0 heterocycles. The van der Waals surface area contributed by atoms with E-state index in [-0.39, 0.29) is 17.7 Å². The summed E-state index contributed by atoms with van der Waals surface area (Å²) >= 11 is 0. The number of rotatable bonds is 12. The molecule has 1 aliphatic carbocycles. The highest BCUT2D eigenvalue weighted by atomic mass is 16.3. The molecule has 5 heteroatoms. The number of aryl methyl sites for hydroxylation is 1. The second-order valence-corrected chi connectivity index (χ2v) is 8.14. The van der Waals surface area contributed by atoms with Gasteiger partial charge in [0.15, 0.2) is 0 Å². The molecule has 166 valence electrons. The van der Waals surface area contributed by atoms with Crippen molar-refractivity contribution >= 4 is 5.91 Å². The van der Waals surface area contributed by atoms with Crippen LogP contribution in [-0.2, 0) is 11.2 Å². The molecule has 1 saturated carbocycles.